The van der Waals surface area contributed by atoms with Crippen LogP contribution in [0.2, 0.25) is 0 Å². The van der Waals surface area contributed by atoms with Crippen molar-refractivity contribution in [3.8, 4) is 5.75 Å². The summed E-state index contributed by atoms with van der Waals surface area (Å²) in [5, 5.41) is 2.59. The van der Waals surface area contributed by atoms with E-state index in [1.807, 2.05) is 6.07 Å². The molecule has 3 N–H and O–H groups in total. The number of primary amides is 1. The van der Waals surface area contributed by atoms with Gasteiger partial charge in [0.15, 0.2) is 0 Å². The molecule has 2 aromatic rings. The Labute approximate surface area is 139 Å². The summed E-state index contributed by atoms with van der Waals surface area (Å²) in [6.45, 7) is 0. The summed E-state index contributed by atoms with van der Waals surface area (Å²) in [5.41, 5.74) is 6.71. The average molecular weight is 330 g/mol. The number of amides is 2. The highest BCUT2D eigenvalue weighted by Gasteiger charge is 2.19. The van der Waals surface area contributed by atoms with E-state index in [-0.39, 0.29) is 12.8 Å². The lowest BCUT2D eigenvalue weighted by Gasteiger charge is -2.16. The van der Waals surface area contributed by atoms with Gasteiger partial charge in [-0.2, -0.15) is 0 Å². The van der Waals surface area contributed by atoms with Crippen molar-refractivity contribution in [2.75, 3.05) is 7.11 Å². The van der Waals surface area contributed by atoms with Crippen LogP contribution in [0.15, 0.2) is 48.5 Å². The molecule has 2 rings (SSSR count). The van der Waals surface area contributed by atoms with Crippen LogP contribution in [0.5, 0.6) is 5.75 Å². The summed E-state index contributed by atoms with van der Waals surface area (Å²) in [6, 6.07) is 12.1. The molecule has 126 valence electrons. The maximum absolute atomic E-state index is 13.1. The number of hydrogen-bond donors (Lipinski definition) is 2. The number of nitrogens with two attached hydrogens (primary N) is 1. The Morgan fingerprint density at radius 1 is 1.17 bits per heavy atom. The summed E-state index contributed by atoms with van der Waals surface area (Å²) in [5.74, 6) is -0.789. The minimum Gasteiger partial charge on any atom is -0.497 e. The summed E-state index contributed by atoms with van der Waals surface area (Å²) < 4.78 is 18.3. The van der Waals surface area contributed by atoms with Crippen LogP contribution in [0.3, 0.4) is 0 Å². The van der Waals surface area contributed by atoms with E-state index in [4.69, 9.17) is 10.5 Å². The molecule has 0 unspecified atom stereocenters. The zero-order valence-corrected chi connectivity index (χ0v) is 13.3. The second-order valence-corrected chi connectivity index (χ2v) is 5.38. The van der Waals surface area contributed by atoms with Crippen LogP contribution in [0, 0.1) is 5.82 Å². The molecule has 0 saturated carbocycles. The van der Waals surface area contributed by atoms with E-state index in [2.05, 4.69) is 5.32 Å². The summed E-state index contributed by atoms with van der Waals surface area (Å²) >= 11 is 0. The maximum Gasteiger partial charge on any atom is 0.240 e. The fourth-order valence-corrected chi connectivity index (χ4v) is 2.34. The monoisotopic (exact) mass is 330 g/mol. The highest BCUT2D eigenvalue weighted by Crippen LogP contribution is 2.14. The number of benzene rings is 2. The van der Waals surface area contributed by atoms with Gasteiger partial charge < -0.3 is 15.8 Å². The standard InChI is InChI=1S/C18H19FN2O3/c1-24-15-7-3-5-13(9-15)10-16(18(20)23)21-17(22)11-12-4-2-6-14(19)8-12/h2-9,16H,10-11H2,1H3,(H2,20,23)(H,21,22)/t16-/m1/s1. The average Bonchev–Trinajstić information content (AvgIpc) is 2.54. The molecule has 0 saturated heterocycles. The van der Waals surface area contributed by atoms with Crippen LogP contribution in [0.25, 0.3) is 0 Å². The van der Waals surface area contributed by atoms with Crippen molar-refractivity contribution in [3.05, 3.63) is 65.5 Å². The van der Waals surface area contributed by atoms with Gasteiger partial charge in [-0.1, -0.05) is 24.3 Å². The van der Waals surface area contributed by atoms with Gasteiger partial charge in [-0.05, 0) is 35.4 Å². The van der Waals surface area contributed by atoms with Crippen LogP contribution in [0.1, 0.15) is 11.1 Å². The minimum atomic E-state index is -0.849. The molecule has 1 atom stereocenters. The van der Waals surface area contributed by atoms with Gasteiger partial charge in [-0.15, -0.1) is 0 Å². The molecule has 0 aliphatic carbocycles. The van der Waals surface area contributed by atoms with E-state index in [0.717, 1.165) is 5.56 Å². The lowest BCUT2D eigenvalue weighted by molar-refractivity contribution is -0.127. The number of carbonyl (C=O) groups excluding carboxylic acids is 2. The molecular formula is C18H19FN2O3. The zero-order chi connectivity index (χ0) is 17.5. The topological polar surface area (TPSA) is 81.4 Å². The summed E-state index contributed by atoms with van der Waals surface area (Å²) in [7, 11) is 1.55. The summed E-state index contributed by atoms with van der Waals surface area (Å²) in [4.78, 5) is 23.7. The van der Waals surface area contributed by atoms with Gasteiger partial charge in [0, 0.05) is 6.42 Å². The second-order valence-electron chi connectivity index (χ2n) is 5.38. The van der Waals surface area contributed by atoms with Crippen molar-refractivity contribution >= 4 is 11.8 Å². The van der Waals surface area contributed by atoms with Crippen LogP contribution >= 0.6 is 0 Å². The van der Waals surface area contributed by atoms with Crippen molar-refractivity contribution in [3.63, 3.8) is 0 Å². The van der Waals surface area contributed by atoms with Crippen molar-refractivity contribution in [2.45, 2.75) is 18.9 Å². The number of ether oxygens (including phenoxy) is 1. The van der Waals surface area contributed by atoms with E-state index >= 15 is 0 Å². The first kappa shape index (κ1) is 17.5. The second kappa shape index (κ2) is 8.10. The Kier molecular flexibility index (Phi) is 5.89. The van der Waals surface area contributed by atoms with Crippen molar-refractivity contribution < 1.29 is 18.7 Å². The van der Waals surface area contributed by atoms with Crippen LogP contribution in [-0.2, 0) is 22.4 Å². The van der Waals surface area contributed by atoms with Gasteiger partial charge >= 0.3 is 0 Å². The van der Waals surface area contributed by atoms with Crippen molar-refractivity contribution in [1.82, 2.24) is 5.32 Å². The number of halogens is 1. The van der Waals surface area contributed by atoms with Crippen molar-refractivity contribution in [2.24, 2.45) is 5.73 Å². The van der Waals surface area contributed by atoms with Gasteiger partial charge in [0.2, 0.25) is 11.8 Å². The molecule has 0 radical (unpaired) electrons. The van der Waals surface area contributed by atoms with Crippen molar-refractivity contribution in [1.29, 1.82) is 0 Å². The molecule has 2 aromatic carbocycles. The number of carbonyl (C=O) groups is 2. The lowest BCUT2D eigenvalue weighted by atomic mass is 10.0. The molecule has 0 aromatic heterocycles. The predicted molar refractivity (Wildman–Crippen MR) is 87.9 cm³/mol. The fourth-order valence-electron chi connectivity index (χ4n) is 2.34. The molecule has 6 heteroatoms. The van der Waals surface area contributed by atoms with Gasteiger partial charge in [-0.3, -0.25) is 9.59 Å². The largest absolute Gasteiger partial charge is 0.497 e. The number of hydrogen-bond acceptors (Lipinski definition) is 3. The fraction of sp³-hybridized carbons (Fsp3) is 0.222. The number of methoxy groups -OCH3 is 1. The molecular weight excluding hydrogens is 311 g/mol. The first-order chi connectivity index (χ1) is 11.5. The normalized spacial score (nSPS) is 11.6. The van der Waals surface area contributed by atoms with Crippen LogP contribution < -0.4 is 15.8 Å². The molecule has 2 amide bonds. The minimum absolute atomic E-state index is 0.0281. The molecule has 5 nitrogen and oxygen atoms in total. The van der Waals surface area contributed by atoms with Crippen LogP contribution in [0.4, 0.5) is 4.39 Å². The Balaban J connectivity index is 2.02. The third-order valence-corrected chi connectivity index (χ3v) is 3.51. The molecule has 0 spiro atoms. The van der Waals surface area contributed by atoms with Gasteiger partial charge in [0.05, 0.1) is 13.5 Å². The molecule has 0 aliphatic rings. The van der Waals surface area contributed by atoms with E-state index in [1.165, 1.54) is 18.2 Å². The third kappa shape index (κ3) is 5.08. The first-order valence-corrected chi connectivity index (χ1v) is 7.44. The maximum atomic E-state index is 13.1. The Morgan fingerprint density at radius 3 is 2.54 bits per heavy atom. The number of nitrogens with one attached hydrogen (secondary N) is 1. The van der Waals surface area contributed by atoms with E-state index in [1.54, 1.807) is 31.4 Å². The molecule has 0 heterocycles. The Morgan fingerprint density at radius 2 is 1.88 bits per heavy atom. The number of rotatable bonds is 7. The smallest absolute Gasteiger partial charge is 0.240 e. The molecule has 0 aliphatic heterocycles. The molecule has 0 bridgehead atoms. The highest BCUT2D eigenvalue weighted by atomic mass is 19.1. The Hall–Kier alpha value is -2.89. The predicted octanol–water partition coefficient (Wildman–Crippen LogP) is 1.59. The summed E-state index contributed by atoms with van der Waals surface area (Å²) in [6.07, 6.45) is 0.223. The lowest BCUT2D eigenvalue weighted by Crippen LogP contribution is -2.46. The highest BCUT2D eigenvalue weighted by molar-refractivity contribution is 5.87. The molecule has 0 fully saturated rings. The van der Waals surface area contributed by atoms with Gasteiger partial charge in [0.25, 0.3) is 0 Å². The van der Waals surface area contributed by atoms with Gasteiger partial charge in [0.1, 0.15) is 17.6 Å². The molecule has 24 heavy (non-hydrogen) atoms. The quantitative estimate of drug-likeness (QED) is 0.809. The Bertz CT molecular complexity index is 734. The van der Waals surface area contributed by atoms with Gasteiger partial charge in [-0.25, -0.2) is 4.39 Å². The van der Waals surface area contributed by atoms with E-state index < -0.39 is 23.7 Å². The SMILES string of the molecule is COc1cccc(C[C@@H](NC(=O)Cc2cccc(F)c2)C(N)=O)c1. The van der Waals surface area contributed by atoms with E-state index in [9.17, 15) is 14.0 Å². The first-order valence-electron chi connectivity index (χ1n) is 7.44. The van der Waals surface area contributed by atoms with E-state index in [0.29, 0.717) is 11.3 Å². The van der Waals surface area contributed by atoms with Crippen LogP contribution in [-0.4, -0.2) is 25.0 Å². The third-order valence-electron chi connectivity index (χ3n) is 3.51. The zero-order valence-electron chi connectivity index (χ0n) is 13.3.